The molecule has 1 spiro atoms. The highest BCUT2D eigenvalue weighted by Crippen LogP contribution is 2.63. The van der Waals surface area contributed by atoms with Gasteiger partial charge in [-0.25, -0.2) is 0 Å². The van der Waals surface area contributed by atoms with Crippen molar-refractivity contribution < 1.29 is 0 Å². The van der Waals surface area contributed by atoms with Gasteiger partial charge in [-0.3, -0.25) is 0 Å². The molecule has 2 aliphatic rings. The van der Waals surface area contributed by atoms with Gasteiger partial charge in [0.1, 0.15) is 0 Å². The van der Waals surface area contributed by atoms with E-state index in [1.807, 2.05) is 0 Å². The fraction of sp³-hybridized carbons (Fsp3) is 0.0196. The van der Waals surface area contributed by atoms with Gasteiger partial charge in [-0.05, 0) is 118 Å². The monoisotopic (exact) mass is 644 g/mol. The maximum Gasteiger partial charge on any atom is 0.0725 e. The van der Waals surface area contributed by atoms with Crippen LogP contribution in [0.1, 0.15) is 22.3 Å². The first-order valence-electron chi connectivity index (χ1n) is 17.8. The molecular weight excluding hydrogens is 613 g/mol. The number of benzene rings is 9. The van der Waals surface area contributed by atoms with Crippen molar-refractivity contribution >= 4 is 21.5 Å². The van der Waals surface area contributed by atoms with Crippen molar-refractivity contribution in [2.75, 3.05) is 0 Å². The molecule has 0 unspecified atom stereocenters. The second-order valence-electron chi connectivity index (χ2n) is 14.0. The number of hydrogen-bond acceptors (Lipinski definition) is 0. The van der Waals surface area contributed by atoms with Gasteiger partial charge >= 0.3 is 0 Å². The van der Waals surface area contributed by atoms with Crippen molar-refractivity contribution in [1.29, 1.82) is 0 Å². The summed E-state index contributed by atoms with van der Waals surface area (Å²) in [5.41, 5.74) is 17.8. The second-order valence-corrected chi connectivity index (χ2v) is 14.0. The first-order chi connectivity index (χ1) is 25.3. The van der Waals surface area contributed by atoms with Gasteiger partial charge in [0.25, 0.3) is 0 Å². The lowest BCUT2D eigenvalue weighted by atomic mass is 9.70. The van der Waals surface area contributed by atoms with Gasteiger partial charge < -0.3 is 0 Å². The summed E-state index contributed by atoms with van der Waals surface area (Å²) in [7, 11) is 0. The smallest absolute Gasteiger partial charge is 0.0622 e. The molecule has 0 aromatic heterocycles. The molecular formula is C51H32. The zero-order valence-electron chi connectivity index (χ0n) is 28.0. The Bertz CT molecular complexity index is 2790. The zero-order chi connectivity index (χ0) is 33.5. The van der Waals surface area contributed by atoms with Crippen LogP contribution in [0.5, 0.6) is 0 Å². The normalized spacial score (nSPS) is 13.3. The van der Waals surface area contributed by atoms with E-state index in [2.05, 4.69) is 194 Å². The molecule has 9 aromatic carbocycles. The maximum absolute atomic E-state index is 2.54. The molecule has 0 aliphatic heterocycles. The van der Waals surface area contributed by atoms with Crippen molar-refractivity contribution in [1.82, 2.24) is 0 Å². The summed E-state index contributed by atoms with van der Waals surface area (Å²) < 4.78 is 0. The molecule has 0 saturated heterocycles. The number of hydrogen-bond donors (Lipinski definition) is 0. The topological polar surface area (TPSA) is 0 Å². The number of fused-ring (bicyclic) bond motifs is 12. The van der Waals surface area contributed by atoms with E-state index in [0.717, 1.165) is 0 Å². The highest BCUT2D eigenvalue weighted by molar-refractivity contribution is 6.09. The van der Waals surface area contributed by atoms with Gasteiger partial charge in [0.15, 0.2) is 0 Å². The molecule has 236 valence electrons. The van der Waals surface area contributed by atoms with Crippen molar-refractivity contribution in [3.63, 3.8) is 0 Å². The summed E-state index contributed by atoms with van der Waals surface area (Å²) in [4.78, 5) is 0. The fourth-order valence-electron chi connectivity index (χ4n) is 9.26. The summed E-state index contributed by atoms with van der Waals surface area (Å²) in [5, 5.41) is 5.09. The number of rotatable bonds is 3. The Morgan fingerprint density at radius 2 is 0.706 bits per heavy atom. The maximum atomic E-state index is 2.54. The van der Waals surface area contributed by atoms with E-state index in [-0.39, 0.29) is 5.41 Å². The molecule has 0 fully saturated rings. The Kier molecular flexibility index (Phi) is 5.97. The molecule has 0 amide bonds. The van der Waals surface area contributed by atoms with E-state index in [9.17, 15) is 0 Å². The third kappa shape index (κ3) is 3.96. The lowest BCUT2D eigenvalue weighted by Crippen LogP contribution is -2.25. The molecule has 0 saturated carbocycles. The Morgan fingerprint density at radius 1 is 0.235 bits per heavy atom. The van der Waals surface area contributed by atoms with E-state index < -0.39 is 0 Å². The van der Waals surface area contributed by atoms with E-state index in [0.29, 0.717) is 0 Å². The fourth-order valence-corrected chi connectivity index (χ4v) is 9.26. The van der Waals surface area contributed by atoms with Crippen LogP contribution in [0.15, 0.2) is 194 Å². The van der Waals surface area contributed by atoms with Gasteiger partial charge in [-0.15, -0.1) is 0 Å². The van der Waals surface area contributed by atoms with E-state index >= 15 is 0 Å². The highest BCUT2D eigenvalue weighted by Gasteiger charge is 2.51. The molecule has 2 aliphatic carbocycles. The first kappa shape index (κ1) is 28.3. The van der Waals surface area contributed by atoms with Crippen molar-refractivity contribution in [2.24, 2.45) is 0 Å². The van der Waals surface area contributed by atoms with Gasteiger partial charge in [0.05, 0.1) is 5.41 Å². The molecule has 51 heavy (non-hydrogen) atoms. The molecule has 0 atom stereocenters. The molecule has 9 aromatic rings. The molecule has 0 heteroatoms. The zero-order valence-corrected chi connectivity index (χ0v) is 28.0. The summed E-state index contributed by atoms with van der Waals surface area (Å²) in [6.07, 6.45) is 0. The standard InChI is InChI=1S/C51H32/c1-2-13-35(14-3-1)39-28-29-40(36-25-22-34(23-26-36)38-27-24-33-12-4-5-15-37(33)30-38)45-32-50-46(31-44(39)45)43-18-8-11-21-49(43)51(50)47-19-9-6-16-41(47)42-17-7-10-20-48(42)51/h1-32H. The third-order valence-electron chi connectivity index (χ3n) is 11.5. The van der Waals surface area contributed by atoms with Crippen molar-refractivity contribution in [3.8, 4) is 55.6 Å². The average Bonchev–Trinajstić information content (AvgIpc) is 3.67. The van der Waals surface area contributed by atoms with Crippen LogP contribution >= 0.6 is 0 Å². The largest absolute Gasteiger partial charge is 0.0725 e. The van der Waals surface area contributed by atoms with E-state index in [1.165, 1.54) is 99.4 Å². The molecule has 0 N–H and O–H groups in total. The Morgan fingerprint density at radius 3 is 1.35 bits per heavy atom. The van der Waals surface area contributed by atoms with Crippen LogP contribution in [-0.4, -0.2) is 0 Å². The quantitative estimate of drug-likeness (QED) is 0.180. The molecule has 0 heterocycles. The van der Waals surface area contributed by atoms with E-state index in [1.54, 1.807) is 0 Å². The average molecular weight is 645 g/mol. The lowest BCUT2D eigenvalue weighted by molar-refractivity contribution is 0.795. The van der Waals surface area contributed by atoms with Crippen LogP contribution in [0, 0.1) is 0 Å². The second kappa shape index (κ2) is 10.7. The summed E-state index contributed by atoms with van der Waals surface area (Å²) in [6, 6.07) is 72.3. The van der Waals surface area contributed by atoms with Gasteiger partial charge in [0, 0.05) is 0 Å². The van der Waals surface area contributed by atoms with Crippen LogP contribution < -0.4 is 0 Å². The molecule has 0 nitrogen and oxygen atoms in total. The molecule has 0 bridgehead atoms. The van der Waals surface area contributed by atoms with Gasteiger partial charge in [-0.1, -0.05) is 176 Å². The first-order valence-corrected chi connectivity index (χ1v) is 17.8. The van der Waals surface area contributed by atoms with Gasteiger partial charge in [-0.2, -0.15) is 0 Å². The van der Waals surface area contributed by atoms with E-state index in [4.69, 9.17) is 0 Å². The predicted octanol–water partition coefficient (Wildman–Crippen LogP) is 13.3. The lowest BCUT2D eigenvalue weighted by Gasteiger charge is -2.30. The minimum absolute atomic E-state index is 0.382. The van der Waals surface area contributed by atoms with Crippen LogP contribution in [0.3, 0.4) is 0 Å². The Hall–Kier alpha value is -6.50. The SMILES string of the molecule is c1ccc(-c2ccc(-c3ccc(-c4ccc5ccccc5c4)cc3)c3cc4c(cc23)-c2ccccc2C42c3ccccc3-c3ccccc32)cc1. The molecule has 11 rings (SSSR count). The molecule has 0 radical (unpaired) electrons. The van der Waals surface area contributed by atoms with Gasteiger partial charge in [0.2, 0.25) is 0 Å². The third-order valence-corrected chi connectivity index (χ3v) is 11.5. The van der Waals surface area contributed by atoms with Crippen LogP contribution in [0.25, 0.3) is 77.2 Å². The Balaban J connectivity index is 1.18. The van der Waals surface area contributed by atoms with Crippen LogP contribution in [0.4, 0.5) is 0 Å². The van der Waals surface area contributed by atoms with Crippen LogP contribution in [-0.2, 0) is 5.41 Å². The Labute approximate surface area is 297 Å². The minimum Gasteiger partial charge on any atom is -0.0622 e. The highest BCUT2D eigenvalue weighted by atomic mass is 14.5. The van der Waals surface area contributed by atoms with Crippen molar-refractivity contribution in [2.45, 2.75) is 5.41 Å². The summed E-state index contributed by atoms with van der Waals surface area (Å²) in [5.74, 6) is 0. The summed E-state index contributed by atoms with van der Waals surface area (Å²) >= 11 is 0. The van der Waals surface area contributed by atoms with Crippen LogP contribution in [0.2, 0.25) is 0 Å². The summed E-state index contributed by atoms with van der Waals surface area (Å²) in [6.45, 7) is 0. The van der Waals surface area contributed by atoms with Crippen molar-refractivity contribution in [3.05, 3.63) is 216 Å². The predicted molar refractivity (Wildman–Crippen MR) is 214 cm³/mol. The minimum atomic E-state index is -0.382.